The second-order valence-electron chi connectivity index (χ2n) is 6.41. The third kappa shape index (κ3) is 2.97. The molecule has 27 heavy (non-hydrogen) atoms. The zero-order chi connectivity index (χ0) is 19.0. The maximum atomic E-state index is 13.7. The van der Waals surface area contributed by atoms with Crippen molar-refractivity contribution in [3.63, 3.8) is 0 Å². The zero-order valence-electron chi connectivity index (χ0n) is 15.1. The Hall–Kier alpha value is -3.46. The number of rotatable bonds is 4. The van der Waals surface area contributed by atoms with Gasteiger partial charge in [0.15, 0.2) is 0 Å². The van der Waals surface area contributed by atoms with Crippen LogP contribution in [-0.2, 0) is 13.1 Å². The summed E-state index contributed by atoms with van der Waals surface area (Å²) in [6, 6.07) is 14.1. The summed E-state index contributed by atoms with van der Waals surface area (Å²) in [6.45, 7) is 5.32. The Bertz CT molecular complexity index is 1180. The lowest BCUT2D eigenvalue weighted by atomic mass is 10.2. The molecule has 6 heteroatoms. The molecule has 4 aromatic rings. The molecular formula is C21H18FN5. The second kappa shape index (κ2) is 6.69. The molecule has 5 nitrogen and oxygen atoms in total. The molecule has 2 aromatic carbocycles. The van der Waals surface area contributed by atoms with Crippen LogP contribution >= 0.6 is 0 Å². The molecule has 0 N–H and O–H groups in total. The molecule has 2 heterocycles. The molecule has 0 aliphatic rings. The van der Waals surface area contributed by atoms with Crippen LogP contribution < -0.4 is 0 Å². The van der Waals surface area contributed by atoms with Crippen LogP contribution in [0.4, 0.5) is 4.39 Å². The number of nitriles is 1. The number of nitrogens with zero attached hydrogens (tertiary/aromatic N) is 5. The zero-order valence-corrected chi connectivity index (χ0v) is 15.1. The smallest absolute Gasteiger partial charge is 0.140 e. The molecule has 0 amide bonds. The summed E-state index contributed by atoms with van der Waals surface area (Å²) in [5.74, 6) is 1.30. The highest BCUT2D eigenvalue weighted by molar-refractivity contribution is 5.77. The summed E-state index contributed by atoms with van der Waals surface area (Å²) < 4.78 is 17.8. The van der Waals surface area contributed by atoms with Gasteiger partial charge < -0.3 is 9.13 Å². The largest absolute Gasteiger partial charge is 0.327 e. The molecule has 0 saturated heterocycles. The van der Waals surface area contributed by atoms with Gasteiger partial charge in [-0.05, 0) is 44.2 Å². The Kier molecular flexibility index (Phi) is 4.21. The minimum atomic E-state index is -0.287. The summed E-state index contributed by atoms with van der Waals surface area (Å²) in [6.07, 6.45) is 1.78. The Morgan fingerprint density at radius 3 is 2.74 bits per heavy atom. The minimum absolute atomic E-state index is 0.287. The molecule has 2 aromatic heterocycles. The molecule has 0 bridgehead atoms. The molecular weight excluding hydrogens is 341 g/mol. The van der Waals surface area contributed by atoms with Gasteiger partial charge in [-0.3, -0.25) is 0 Å². The predicted octanol–water partition coefficient (Wildman–Crippen LogP) is 4.29. The number of aromatic nitrogens is 4. The minimum Gasteiger partial charge on any atom is -0.327 e. The van der Waals surface area contributed by atoms with Crippen molar-refractivity contribution in [2.75, 3.05) is 0 Å². The van der Waals surface area contributed by atoms with Gasteiger partial charge in [0, 0.05) is 24.0 Å². The van der Waals surface area contributed by atoms with Gasteiger partial charge in [0.2, 0.25) is 0 Å². The molecule has 0 aliphatic heterocycles. The predicted molar refractivity (Wildman–Crippen MR) is 102 cm³/mol. The first-order valence-corrected chi connectivity index (χ1v) is 8.78. The number of hydrogen-bond acceptors (Lipinski definition) is 3. The second-order valence-corrected chi connectivity index (χ2v) is 6.41. The lowest BCUT2D eigenvalue weighted by molar-refractivity contribution is 0.627. The van der Waals surface area contributed by atoms with Crippen LogP contribution in [0.5, 0.6) is 0 Å². The number of fused-ring (bicyclic) bond motifs is 1. The Morgan fingerprint density at radius 1 is 1.15 bits per heavy atom. The van der Waals surface area contributed by atoms with Crippen molar-refractivity contribution in [1.82, 2.24) is 19.1 Å². The van der Waals surface area contributed by atoms with Gasteiger partial charge in [-0.2, -0.15) is 5.26 Å². The van der Waals surface area contributed by atoms with Crippen LogP contribution in [0.25, 0.3) is 22.4 Å². The van der Waals surface area contributed by atoms with Gasteiger partial charge in [0.25, 0.3) is 0 Å². The quantitative estimate of drug-likeness (QED) is 0.546. The van der Waals surface area contributed by atoms with E-state index in [4.69, 9.17) is 10.2 Å². The molecule has 0 unspecified atom stereocenters. The number of benzene rings is 2. The average molecular weight is 359 g/mol. The molecule has 0 atom stereocenters. The lowest BCUT2D eigenvalue weighted by Gasteiger charge is -2.12. The number of aryl methyl sites for hydroxylation is 2. The molecule has 4 rings (SSSR count). The summed E-state index contributed by atoms with van der Waals surface area (Å²) in [5.41, 5.74) is 4.09. The van der Waals surface area contributed by atoms with E-state index in [1.807, 2.05) is 23.6 Å². The fourth-order valence-electron chi connectivity index (χ4n) is 3.38. The highest BCUT2D eigenvalue weighted by Gasteiger charge is 2.15. The molecule has 0 saturated carbocycles. The number of imidazole rings is 2. The molecule has 0 radical (unpaired) electrons. The maximum absolute atomic E-state index is 13.7. The SMILES string of the molecule is CCn1c(Cn2c(C)cnc2-c2cccc(F)c2)nc2cc(C#N)ccc21. The first kappa shape index (κ1) is 17.0. The number of halogens is 1. The molecule has 0 spiro atoms. The van der Waals surface area contributed by atoms with Crippen LogP contribution in [0.15, 0.2) is 48.7 Å². The van der Waals surface area contributed by atoms with E-state index >= 15 is 0 Å². The number of hydrogen-bond donors (Lipinski definition) is 0. The van der Waals surface area contributed by atoms with E-state index in [-0.39, 0.29) is 5.82 Å². The summed E-state index contributed by atoms with van der Waals surface area (Å²) in [4.78, 5) is 9.23. The normalized spacial score (nSPS) is 11.0. The maximum Gasteiger partial charge on any atom is 0.140 e. The average Bonchev–Trinajstić information content (AvgIpc) is 3.21. The standard InChI is InChI=1S/C21H18FN5/c1-3-26-19-8-7-15(11-23)9-18(19)25-20(26)13-27-14(2)12-24-21(27)16-5-4-6-17(22)10-16/h4-10,12H,3,13H2,1-2H3. The van der Waals surface area contributed by atoms with Crippen molar-refractivity contribution < 1.29 is 4.39 Å². The Balaban J connectivity index is 1.81. The fourth-order valence-corrected chi connectivity index (χ4v) is 3.38. The Morgan fingerprint density at radius 2 is 2.00 bits per heavy atom. The van der Waals surface area contributed by atoms with Gasteiger partial charge in [-0.1, -0.05) is 12.1 Å². The summed E-state index contributed by atoms with van der Waals surface area (Å²) in [7, 11) is 0. The van der Waals surface area contributed by atoms with Crippen LogP contribution in [-0.4, -0.2) is 19.1 Å². The van der Waals surface area contributed by atoms with Crippen molar-refractivity contribution in [3.05, 3.63) is 71.6 Å². The van der Waals surface area contributed by atoms with Crippen molar-refractivity contribution in [1.29, 1.82) is 5.26 Å². The molecule has 134 valence electrons. The van der Waals surface area contributed by atoms with Crippen molar-refractivity contribution in [2.24, 2.45) is 0 Å². The third-order valence-corrected chi connectivity index (χ3v) is 4.71. The van der Waals surface area contributed by atoms with Gasteiger partial charge in [-0.25, -0.2) is 14.4 Å². The van der Waals surface area contributed by atoms with Crippen LogP contribution in [0.2, 0.25) is 0 Å². The van der Waals surface area contributed by atoms with Crippen LogP contribution in [0.1, 0.15) is 24.0 Å². The first-order valence-electron chi connectivity index (χ1n) is 8.78. The summed E-state index contributed by atoms with van der Waals surface area (Å²) in [5, 5.41) is 9.13. The van der Waals surface area contributed by atoms with E-state index in [0.29, 0.717) is 17.9 Å². The van der Waals surface area contributed by atoms with E-state index in [1.165, 1.54) is 12.1 Å². The first-order chi connectivity index (χ1) is 13.1. The van der Waals surface area contributed by atoms with E-state index in [2.05, 4.69) is 22.5 Å². The Labute approximate surface area is 156 Å². The van der Waals surface area contributed by atoms with Gasteiger partial charge in [0.05, 0.1) is 29.2 Å². The summed E-state index contributed by atoms with van der Waals surface area (Å²) >= 11 is 0. The molecule has 0 aliphatic carbocycles. The monoisotopic (exact) mass is 359 g/mol. The van der Waals surface area contributed by atoms with Crippen LogP contribution in [0, 0.1) is 24.1 Å². The highest BCUT2D eigenvalue weighted by atomic mass is 19.1. The van der Waals surface area contributed by atoms with E-state index < -0.39 is 0 Å². The topological polar surface area (TPSA) is 59.4 Å². The van der Waals surface area contributed by atoms with Crippen molar-refractivity contribution in [3.8, 4) is 17.5 Å². The third-order valence-electron chi connectivity index (χ3n) is 4.71. The lowest BCUT2D eigenvalue weighted by Crippen LogP contribution is -2.10. The fraction of sp³-hybridized carbons (Fsp3) is 0.190. The van der Waals surface area contributed by atoms with Crippen LogP contribution in [0.3, 0.4) is 0 Å². The highest BCUT2D eigenvalue weighted by Crippen LogP contribution is 2.24. The van der Waals surface area contributed by atoms with Gasteiger partial charge >= 0.3 is 0 Å². The van der Waals surface area contributed by atoms with E-state index in [1.54, 1.807) is 24.4 Å². The van der Waals surface area contributed by atoms with E-state index in [0.717, 1.165) is 34.7 Å². The van der Waals surface area contributed by atoms with Gasteiger partial charge in [0.1, 0.15) is 17.5 Å². The van der Waals surface area contributed by atoms with Crippen molar-refractivity contribution in [2.45, 2.75) is 26.9 Å². The molecule has 0 fully saturated rings. The van der Waals surface area contributed by atoms with Gasteiger partial charge in [-0.15, -0.1) is 0 Å². The van der Waals surface area contributed by atoms with Crippen molar-refractivity contribution >= 4 is 11.0 Å². The van der Waals surface area contributed by atoms with E-state index in [9.17, 15) is 4.39 Å².